The highest BCUT2D eigenvalue weighted by Crippen LogP contribution is 2.17. The number of hydrogen-bond donors (Lipinski definition) is 3. The van der Waals surface area contributed by atoms with Crippen molar-refractivity contribution in [1.29, 1.82) is 0 Å². The minimum absolute atomic E-state index is 0.0154. The molecule has 5 nitrogen and oxygen atoms in total. The Morgan fingerprint density at radius 3 is 2.42 bits per heavy atom. The van der Waals surface area contributed by atoms with Crippen LogP contribution in [0.25, 0.3) is 11.3 Å². The molecule has 0 bridgehead atoms. The number of rotatable bonds is 5. The lowest BCUT2D eigenvalue weighted by molar-refractivity contribution is 0.0914. The summed E-state index contributed by atoms with van der Waals surface area (Å²) < 4.78 is 0. The zero-order chi connectivity index (χ0) is 18.5. The standard InChI is InChI=1S/C21H20N2O3/c1-14-7-5-6-10-16(14)19(24)13-22-20(25)17-11-12-18(23-21(17)26)15-8-3-2-4-9-15/h2-12,19,24H,13H2,1H3,(H,22,25)(H,23,26). The fourth-order valence-electron chi connectivity index (χ4n) is 2.79. The molecule has 2 aromatic carbocycles. The Morgan fingerprint density at radius 2 is 1.73 bits per heavy atom. The van der Waals surface area contributed by atoms with Gasteiger partial charge in [-0.1, -0.05) is 54.6 Å². The molecular weight excluding hydrogens is 328 g/mol. The van der Waals surface area contributed by atoms with E-state index >= 15 is 0 Å². The number of amides is 1. The summed E-state index contributed by atoms with van der Waals surface area (Å²) in [5.74, 6) is -0.515. The van der Waals surface area contributed by atoms with Crippen molar-refractivity contribution in [2.75, 3.05) is 6.54 Å². The second-order valence-electron chi connectivity index (χ2n) is 6.06. The van der Waals surface area contributed by atoms with E-state index in [0.29, 0.717) is 5.69 Å². The van der Waals surface area contributed by atoms with Gasteiger partial charge in [-0.2, -0.15) is 0 Å². The van der Waals surface area contributed by atoms with E-state index in [1.165, 1.54) is 6.07 Å². The number of aromatic nitrogens is 1. The molecule has 3 aromatic rings. The molecule has 0 saturated heterocycles. The Balaban J connectivity index is 1.70. The summed E-state index contributed by atoms with van der Waals surface area (Å²) in [5, 5.41) is 12.9. The zero-order valence-electron chi connectivity index (χ0n) is 14.4. The molecule has 1 heterocycles. The SMILES string of the molecule is Cc1ccccc1C(O)CNC(=O)c1ccc(-c2ccccc2)[nH]c1=O. The number of pyridine rings is 1. The first-order chi connectivity index (χ1) is 12.6. The van der Waals surface area contributed by atoms with Crippen LogP contribution in [0, 0.1) is 6.92 Å². The number of benzene rings is 2. The van der Waals surface area contributed by atoms with Crippen LogP contribution in [-0.4, -0.2) is 22.5 Å². The van der Waals surface area contributed by atoms with Crippen LogP contribution in [0.1, 0.15) is 27.6 Å². The molecule has 1 atom stereocenters. The highest BCUT2D eigenvalue weighted by molar-refractivity contribution is 5.94. The molecule has 132 valence electrons. The van der Waals surface area contributed by atoms with Gasteiger partial charge in [0.15, 0.2) is 0 Å². The molecular formula is C21H20N2O3. The van der Waals surface area contributed by atoms with Crippen LogP contribution in [0.3, 0.4) is 0 Å². The van der Waals surface area contributed by atoms with Gasteiger partial charge in [-0.25, -0.2) is 0 Å². The molecule has 3 rings (SSSR count). The van der Waals surface area contributed by atoms with Gasteiger partial charge in [0.25, 0.3) is 11.5 Å². The highest BCUT2D eigenvalue weighted by Gasteiger charge is 2.15. The van der Waals surface area contributed by atoms with Crippen molar-refractivity contribution in [3.05, 3.63) is 93.8 Å². The van der Waals surface area contributed by atoms with Gasteiger partial charge in [-0.05, 0) is 35.7 Å². The molecule has 0 saturated carbocycles. The van der Waals surface area contributed by atoms with E-state index in [2.05, 4.69) is 10.3 Å². The number of carbonyl (C=O) groups is 1. The Bertz CT molecular complexity index is 964. The minimum atomic E-state index is -0.831. The summed E-state index contributed by atoms with van der Waals surface area (Å²) in [6.45, 7) is 1.93. The fourth-order valence-corrected chi connectivity index (χ4v) is 2.79. The maximum atomic E-state index is 12.3. The average molecular weight is 348 g/mol. The van der Waals surface area contributed by atoms with Gasteiger partial charge in [0.05, 0.1) is 6.10 Å². The van der Waals surface area contributed by atoms with Crippen molar-refractivity contribution in [2.45, 2.75) is 13.0 Å². The predicted octanol–water partition coefficient (Wildman–Crippen LogP) is 2.81. The second kappa shape index (κ2) is 7.80. The summed E-state index contributed by atoms with van der Waals surface area (Å²) in [5.41, 5.74) is 2.76. The third-order valence-electron chi connectivity index (χ3n) is 4.24. The Kier molecular flexibility index (Phi) is 5.29. The third kappa shape index (κ3) is 3.90. The van der Waals surface area contributed by atoms with E-state index in [4.69, 9.17) is 0 Å². The van der Waals surface area contributed by atoms with Gasteiger partial charge < -0.3 is 15.4 Å². The molecule has 26 heavy (non-hydrogen) atoms. The molecule has 0 aliphatic heterocycles. The number of H-pyrrole nitrogens is 1. The lowest BCUT2D eigenvalue weighted by Gasteiger charge is -2.14. The minimum Gasteiger partial charge on any atom is -0.387 e. The number of carbonyl (C=O) groups excluding carboxylic acids is 1. The number of aromatic amines is 1. The van der Waals surface area contributed by atoms with E-state index in [0.717, 1.165) is 16.7 Å². The van der Waals surface area contributed by atoms with E-state index in [9.17, 15) is 14.7 Å². The van der Waals surface area contributed by atoms with Crippen LogP contribution < -0.4 is 10.9 Å². The number of nitrogens with one attached hydrogen (secondary N) is 2. The van der Waals surface area contributed by atoms with E-state index in [1.807, 2.05) is 61.5 Å². The summed E-state index contributed by atoms with van der Waals surface area (Å²) in [4.78, 5) is 27.3. The van der Waals surface area contributed by atoms with Crippen molar-refractivity contribution in [3.8, 4) is 11.3 Å². The summed E-state index contributed by atoms with van der Waals surface area (Å²) in [7, 11) is 0. The summed E-state index contributed by atoms with van der Waals surface area (Å²) >= 11 is 0. The van der Waals surface area contributed by atoms with Crippen LogP contribution in [-0.2, 0) is 0 Å². The maximum absolute atomic E-state index is 12.3. The Morgan fingerprint density at radius 1 is 1.04 bits per heavy atom. The number of aryl methyl sites for hydroxylation is 1. The van der Waals surface area contributed by atoms with E-state index in [1.54, 1.807) is 6.07 Å². The van der Waals surface area contributed by atoms with Crippen molar-refractivity contribution < 1.29 is 9.90 Å². The third-order valence-corrected chi connectivity index (χ3v) is 4.24. The number of aliphatic hydroxyl groups is 1. The van der Waals surface area contributed by atoms with Crippen molar-refractivity contribution >= 4 is 5.91 Å². The number of aliphatic hydroxyl groups excluding tert-OH is 1. The molecule has 3 N–H and O–H groups in total. The molecule has 0 radical (unpaired) electrons. The van der Waals surface area contributed by atoms with E-state index < -0.39 is 17.6 Å². The topological polar surface area (TPSA) is 82.2 Å². The van der Waals surface area contributed by atoms with Gasteiger partial charge in [0.2, 0.25) is 0 Å². The quantitative estimate of drug-likeness (QED) is 0.663. The molecule has 0 fully saturated rings. The van der Waals surface area contributed by atoms with Crippen LogP contribution in [0.15, 0.2) is 71.5 Å². The van der Waals surface area contributed by atoms with Crippen molar-refractivity contribution in [2.24, 2.45) is 0 Å². The van der Waals surface area contributed by atoms with Gasteiger partial charge in [-0.15, -0.1) is 0 Å². The van der Waals surface area contributed by atoms with Crippen LogP contribution in [0.2, 0.25) is 0 Å². The second-order valence-corrected chi connectivity index (χ2v) is 6.06. The van der Waals surface area contributed by atoms with Gasteiger partial charge in [0.1, 0.15) is 5.56 Å². The maximum Gasteiger partial charge on any atom is 0.261 e. The molecule has 1 aromatic heterocycles. The lowest BCUT2D eigenvalue weighted by atomic mass is 10.0. The fraction of sp³-hybridized carbons (Fsp3) is 0.143. The van der Waals surface area contributed by atoms with Crippen LogP contribution in [0.5, 0.6) is 0 Å². The van der Waals surface area contributed by atoms with Crippen molar-refractivity contribution in [1.82, 2.24) is 10.3 Å². The monoisotopic (exact) mass is 348 g/mol. The van der Waals surface area contributed by atoms with Crippen LogP contribution >= 0.6 is 0 Å². The molecule has 1 amide bonds. The zero-order valence-corrected chi connectivity index (χ0v) is 14.4. The predicted molar refractivity (Wildman–Crippen MR) is 101 cm³/mol. The first-order valence-electron chi connectivity index (χ1n) is 8.37. The molecule has 0 aliphatic carbocycles. The molecule has 5 heteroatoms. The lowest BCUT2D eigenvalue weighted by Crippen LogP contribution is -2.32. The molecule has 0 spiro atoms. The first kappa shape index (κ1) is 17.6. The van der Waals surface area contributed by atoms with Gasteiger partial charge in [0, 0.05) is 12.2 Å². The van der Waals surface area contributed by atoms with E-state index in [-0.39, 0.29) is 12.1 Å². The first-order valence-corrected chi connectivity index (χ1v) is 8.37. The largest absolute Gasteiger partial charge is 0.387 e. The van der Waals surface area contributed by atoms with Gasteiger partial charge in [-0.3, -0.25) is 9.59 Å². The Labute approximate surface area is 151 Å². The Hall–Kier alpha value is -3.18. The highest BCUT2D eigenvalue weighted by atomic mass is 16.3. The van der Waals surface area contributed by atoms with Crippen molar-refractivity contribution in [3.63, 3.8) is 0 Å². The normalized spacial score (nSPS) is 11.8. The average Bonchev–Trinajstić information content (AvgIpc) is 2.67. The number of hydrogen-bond acceptors (Lipinski definition) is 3. The summed E-state index contributed by atoms with van der Waals surface area (Å²) in [6, 6.07) is 20.0. The van der Waals surface area contributed by atoms with Gasteiger partial charge >= 0.3 is 0 Å². The van der Waals surface area contributed by atoms with Crippen LogP contribution in [0.4, 0.5) is 0 Å². The molecule has 0 aliphatic rings. The molecule has 1 unspecified atom stereocenters. The smallest absolute Gasteiger partial charge is 0.261 e. The summed E-state index contributed by atoms with van der Waals surface area (Å²) in [6.07, 6.45) is -0.831.